The lowest BCUT2D eigenvalue weighted by Crippen LogP contribution is -2.12. The first-order chi connectivity index (χ1) is 9.42. The maximum Gasteiger partial charge on any atom is 0.263 e. The number of hydrogen-bond donors (Lipinski definition) is 3. The minimum atomic E-state index is -3.58. The molecule has 0 radical (unpaired) electrons. The van der Waals surface area contributed by atoms with Gasteiger partial charge in [-0.25, -0.2) is 8.42 Å². The number of aromatic amines is 1. The Labute approximate surface area is 119 Å². The Morgan fingerprint density at radius 3 is 2.65 bits per heavy atom. The first kappa shape index (κ1) is 14.6. The van der Waals surface area contributed by atoms with E-state index in [4.69, 9.17) is 5.73 Å². The third kappa shape index (κ3) is 3.20. The van der Waals surface area contributed by atoms with Crippen molar-refractivity contribution in [1.29, 1.82) is 0 Å². The average molecular weight is 293 g/mol. The molecule has 0 atom stereocenters. The number of anilines is 1. The van der Waals surface area contributed by atoms with E-state index in [9.17, 15) is 8.42 Å². The smallest absolute Gasteiger partial charge is 0.263 e. The Morgan fingerprint density at radius 1 is 1.30 bits per heavy atom. The van der Waals surface area contributed by atoms with Gasteiger partial charge in [0.1, 0.15) is 4.90 Å². The first-order valence-electron chi connectivity index (χ1n) is 6.42. The van der Waals surface area contributed by atoms with E-state index in [-0.39, 0.29) is 11.4 Å². The predicted octanol–water partition coefficient (Wildman–Crippen LogP) is 2.40. The topological polar surface area (TPSA) is 88.0 Å². The molecule has 1 aromatic carbocycles. The molecule has 0 amide bonds. The van der Waals surface area contributed by atoms with Gasteiger partial charge in [0.25, 0.3) is 10.0 Å². The molecule has 0 saturated heterocycles. The molecule has 0 saturated carbocycles. The summed E-state index contributed by atoms with van der Waals surface area (Å²) in [5, 5.41) is 0. The lowest BCUT2D eigenvalue weighted by atomic mass is 10.0. The summed E-state index contributed by atoms with van der Waals surface area (Å²) < 4.78 is 27.1. The number of H-pyrrole nitrogens is 1. The number of aromatic nitrogens is 1. The summed E-state index contributed by atoms with van der Waals surface area (Å²) in [7, 11) is -3.58. The minimum absolute atomic E-state index is 0.188. The van der Waals surface area contributed by atoms with Crippen LogP contribution >= 0.6 is 0 Å². The van der Waals surface area contributed by atoms with Crippen LogP contribution in [0.1, 0.15) is 31.0 Å². The molecular formula is C14H19N3O2S. The Morgan fingerprint density at radius 2 is 2.05 bits per heavy atom. The first-order valence-corrected chi connectivity index (χ1v) is 7.91. The zero-order chi connectivity index (χ0) is 14.8. The summed E-state index contributed by atoms with van der Waals surface area (Å²) in [6.45, 7) is 4.40. The van der Waals surface area contributed by atoms with Crippen molar-refractivity contribution in [3.8, 4) is 0 Å². The van der Waals surface area contributed by atoms with Gasteiger partial charge < -0.3 is 10.7 Å². The van der Waals surface area contributed by atoms with E-state index in [1.54, 1.807) is 6.07 Å². The Kier molecular flexibility index (Phi) is 4.15. The summed E-state index contributed by atoms with van der Waals surface area (Å²) in [5.41, 5.74) is 7.79. The largest absolute Gasteiger partial charge is 0.363 e. The molecule has 0 fully saturated rings. The number of hydrogen-bond acceptors (Lipinski definition) is 3. The van der Waals surface area contributed by atoms with Gasteiger partial charge in [-0.3, -0.25) is 4.72 Å². The molecule has 0 spiro atoms. The SMILES string of the molecule is CC(C)c1cccc(NS(=O)(=O)c2c[nH]c(CN)c2)c1. The molecule has 1 heterocycles. The van der Waals surface area contributed by atoms with E-state index in [0.29, 0.717) is 17.3 Å². The molecule has 0 aliphatic rings. The summed E-state index contributed by atoms with van der Waals surface area (Å²) >= 11 is 0. The normalized spacial score (nSPS) is 11.8. The summed E-state index contributed by atoms with van der Waals surface area (Å²) in [6, 6.07) is 8.94. The molecule has 1 aromatic heterocycles. The van der Waals surface area contributed by atoms with Crippen LogP contribution in [-0.2, 0) is 16.6 Å². The minimum Gasteiger partial charge on any atom is -0.363 e. The summed E-state index contributed by atoms with van der Waals surface area (Å²) in [5.74, 6) is 0.343. The highest BCUT2D eigenvalue weighted by Crippen LogP contribution is 2.21. The van der Waals surface area contributed by atoms with Crippen LogP contribution in [0, 0.1) is 0 Å². The van der Waals surface area contributed by atoms with Crippen LogP contribution in [0.15, 0.2) is 41.4 Å². The summed E-state index contributed by atoms with van der Waals surface area (Å²) in [4.78, 5) is 3.02. The van der Waals surface area contributed by atoms with Gasteiger partial charge in [-0.2, -0.15) is 0 Å². The van der Waals surface area contributed by atoms with Crippen molar-refractivity contribution in [3.63, 3.8) is 0 Å². The van der Waals surface area contributed by atoms with E-state index < -0.39 is 10.0 Å². The lowest BCUT2D eigenvalue weighted by molar-refractivity contribution is 0.601. The van der Waals surface area contributed by atoms with Gasteiger partial charge in [0.15, 0.2) is 0 Å². The monoisotopic (exact) mass is 293 g/mol. The number of sulfonamides is 1. The van der Waals surface area contributed by atoms with Crippen LogP contribution in [-0.4, -0.2) is 13.4 Å². The molecule has 2 rings (SSSR count). The number of nitrogens with two attached hydrogens (primary N) is 1. The standard InChI is InChI=1S/C14H19N3O2S/c1-10(2)11-4-3-5-12(6-11)17-20(18,19)14-7-13(8-15)16-9-14/h3-7,9-10,16-17H,8,15H2,1-2H3. The molecule has 4 N–H and O–H groups in total. The Balaban J connectivity index is 2.26. The average Bonchev–Trinajstić information content (AvgIpc) is 2.88. The van der Waals surface area contributed by atoms with E-state index >= 15 is 0 Å². The quantitative estimate of drug-likeness (QED) is 0.791. The zero-order valence-electron chi connectivity index (χ0n) is 11.6. The van der Waals surface area contributed by atoms with E-state index in [0.717, 1.165) is 5.56 Å². The van der Waals surface area contributed by atoms with Crippen LogP contribution in [0.25, 0.3) is 0 Å². The van der Waals surface area contributed by atoms with Crippen LogP contribution in [0.3, 0.4) is 0 Å². The number of nitrogens with one attached hydrogen (secondary N) is 2. The molecule has 0 bridgehead atoms. The van der Waals surface area contributed by atoms with Crippen molar-refractivity contribution >= 4 is 15.7 Å². The zero-order valence-corrected chi connectivity index (χ0v) is 12.4. The highest BCUT2D eigenvalue weighted by atomic mass is 32.2. The van der Waals surface area contributed by atoms with Gasteiger partial charge >= 0.3 is 0 Å². The molecule has 20 heavy (non-hydrogen) atoms. The van der Waals surface area contributed by atoms with Crippen LogP contribution in [0.5, 0.6) is 0 Å². The van der Waals surface area contributed by atoms with Crippen molar-refractivity contribution < 1.29 is 8.42 Å². The molecule has 6 heteroatoms. The lowest BCUT2D eigenvalue weighted by Gasteiger charge is -2.10. The second kappa shape index (κ2) is 5.68. The summed E-state index contributed by atoms with van der Waals surface area (Å²) in [6.07, 6.45) is 1.44. The van der Waals surface area contributed by atoms with E-state index in [1.807, 2.05) is 18.2 Å². The molecule has 5 nitrogen and oxygen atoms in total. The van der Waals surface area contributed by atoms with Gasteiger partial charge in [-0.15, -0.1) is 0 Å². The second-order valence-electron chi connectivity index (χ2n) is 4.95. The van der Waals surface area contributed by atoms with Gasteiger partial charge in [0.05, 0.1) is 0 Å². The Hall–Kier alpha value is -1.79. The molecule has 108 valence electrons. The number of benzene rings is 1. The molecule has 0 aliphatic heterocycles. The highest BCUT2D eigenvalue weighted by molar-refractivity contribution is 7.92. The van der Waals surface area contributed by atoms with Gasteiger partial charge in [0.2, 0.25) is 0 Å². The molecular weight excluding hydrogens is 274 g/mol. The van der Waals surface area contributed by atoms with Crippen LogP contribution in [0.2, 0.25) is 0 Å². The van der Waals surface area contributed by atoms with Gasteiger partial charge in [-0.1, -0.05) is 26.0 Å². The maximum absolute atomic E-state index is 12.2. The maximum atomic E-state index is 12.2. The van der Waals surface area contributed by atoms with Crippen molar-refractivity contribution in [2.45, 2.75) is 31.2 Å². The molecule has 0 unspecified atom stereocenters. The van der Waals surface area contributed by atoms with Crippen LogP contribution in [0.4, 0.5) is 5.69 Å². The van der Waals surface area contributed by atoms with Crippen molar-refractivity contribution in [3.05, 3.63) is 47.8 Å². The van der Waals surface area contributed by atoms with Crippen molar-refractivity contribution in [2.75, 3.05) is 4.72 Å². The fourth-order valence-electron chi connectivity index (χ4n) is 1.87. The Bertz CT molecular complexity index is 690. The van der Waals surface area contributed by atoms with Gasteiger partial charge in [-0.05, 0) is 29.7 Å². The fourth-order valence-corrected chi connectivity index (χ4v) is 2.93. The fraction of sp³-hybridized carbons (Fsp3) is 0.286. The number of rotatable bonds is 5. The second-order valence-corrected chi connectivity index (χ2v) is 6.63. The third-order valence-corrected chi connectivity index (χ3v) is 4.41. The molecule has 2 aromatic rings. The predicted molar refractivity (Wildman–Crippen MR) is 80.0 cm³/mol. The highest BCUT2D eigenvalue weighted by Gasteiger charge is 2.16. The van der Waals surface area contributed by atoms with Crippen molar-refractivity contribution in [2.24, 2.45) is 5.73 Å². The van der Waals surface area contributed by atoms with E-state index in [1.165, 1.54) is 12.3 Å². The third-order valence-electron chi connectivity index (χ3n) is 3.05. The van der Waals surface area contributed by atoms with Crippen LogP contribution < -0.4 is 10.5 Å². The molecule has 0 aliphatic carbocycles. The van der Waals surface area contributed by atoms with E-state index in [2.05, 4.69) is 23.6 Å². The van der Waals surface area contributed by atoms with Gasteiger partial charge in [0, 0.05) is 24.1 Å². The van der Waals surface area contributed by atoms with Crippen molar-refractivity contribution in [1.82, 2.24) is 4.98 Å².